The smallest absolute Gasteiger partial charge is 0.0778 e. The molecular weight excluding hydrogens is 440 g/mol. The SMILES string of the molecule is Nc1c([C@@H](N)CC2C=C2)c(-c2cccc(N(c3ccccc3)c3ccccc3)c2)nc2ccccc12. The average molecular weight is 469 g/mol. The van der Waals surface area contributed by atoms with Crippen LogP contribution in [0.5, 0.6) is 0 Å². The Kier molecular flexibility index (Phi) is 5.72. The van der Waals surface area contributed by atoms with Crippen LogP contribution in [0.1, 0.15) is 18.0 Å². The Morgan fingerprint density at radius 1 is 0.722 bits per heavy atom. The Morgan fingerprint density at radius 2 is 1.33 bits per heavy atom. The molecule has 1 aliphatic rings. The number of hydrogen-bond donors (Lipinski definition) is 2. The summed E-state index contributed by atoms with van der Waals surface area (Å²) in [5.74, 6) is 0.441. The van der Waals surface area contributed by atoms with Crippen LogP contribution in [0.2, 0.25) is 0 Å². The third-order valence-electron chi connectivity index (χ3n) is 6.74. The van der Waals surface area contributed by atoms with Crippen molar-refractivity contribution in [3.8, 4) is 11.3 Å². The Morgan fingerprint density at radius 3 is 2.00 bits per heavy atom. The van der Waals surface area contributed by atoms with Crippen molar-refractivity contribution in [2.45, 2.75) is 12.5 Å². The van der Waals surface area contributed by atoms with E-state index in [1.165, 1.54) is 0 Å². The van der Waals surface area contributed by atoms with Gasteiger partial charge in [-0.05, 0) is 54.8 Å². The highest BCUT2D eigenvalue weighted by molar-refractivity contribution is 5.96. The molecule has 176 valence electrons. The Labute approximate surface area is 211 Å². The molecule has 0 amide bonds. The van der Waals surface area contributed by atoms with Crippen LogP contribution in [-0.4, -0.2) is 4.98 Å². The van der Waals surface area contributed by atoms with E-state index in [1.807, 2.05) is 36.4 Å². The predicted molar refractivity (Wildman–Crippen MR) is 150 cm³/mol. The first-order valence-corrected chi connectivity index (χ1v) is 12.3. The molecule has 0 bridgehead atoms. The summed E-state index contributed by atoms with van der Waals surface area (Å²) in [5, 5.41) is 0.946. The minimum atomic E-state index is -0.208. The molecule has 0 spiro atoms. The number of pyridine rings is 1. The second-order valence-electron chi connectivity index (χ2n) is 9.25. The number of anilines is 4. The molecule has 1 aromatic heterocycles. The molecule has 0 saturated carbocycles. The van der Waals surface area contributed by atoms with Crippen molar-refractivity contribution in [2.75, 3.05) is 10.6 Å². The van der Waals surface area contributed by atoms with Gasteiger partial charge in [-0.15, -0.1) is 0 Å². The molecule has 4 nitrogen and oxygen atoms in total. The molecular formula is C32H28N4. The number of nitrogens with zero attached hydrogens (tertiary/aromatic N) is 2. The largest absolute Gasteiger partial charge is 0.398 e. The van der Waals surface area contributed by atoms with Crippen LogP contribution in [0.25, 0.3) is 22.2 Å². The van der Waals surface area contributed by atoms with Crippen molar-refractivity contribution in [1.29, 1.82) is 0 Å². The van der Waals surface area contributed by atoms with Crippen molar-refractivity contribution >= 4 is 33.7 Å². The summed E-state index contributed by atoms with van der Waals surface area (Å²) in [5.41, 5.74) is 21.1. The van der Waals surface area contributed by atoms with Gasteiger partial charge in [0.1, 0.15) is 0 Å². The van der Waals surface area contributed by atoms with Crippen molar-refractivity contribution in [2.24, 2.45) is 11.7 Å². The van der Waals surface area contributed by atoms with Crippen LogP contribution in [0, 0.1) is 5.92 Å². The maximum atomic E-state index is 6.78. The van der Waals surface area contributed by atoms with Crippen LogP contribution in [0.3, 0.4) is 0 Å². The molecule has 0 aliphatic heterocycles. The van der Waals surface area contributed by atoms with E-state index in [9.17, 15) is 0 Å². The van der Waals surface area contributed by atoms with Gasteiger partial charge in [0, 0.05) is 45.3 Å². The fourth-order valence-electron chi connectivity index (χ4n) is 4.89. The van der Waals surface area contributed by atoms with Gasteiger partial charge >= 0.3 is 0 Å². The number of para-hydroxylation sites is 3. The fraction of sp³-hybridized carbons (Fsp3) is 0.0938. The lowest BCUT2D eigenvalue weighted by Gasteiger charge is -2.26. The molecule has 1 aliphatic carbocycles. The van der Waals surface area contributed by atoms with E-state index in [4.69, 9.17) is 16.5 Å². The monoisotopic (exact) mass is 468 g/mol. The first-order chi connectivity index (χ1) is 17.7. The molecule has 5 aromatic rings. The van der Waals surface area contributed by atoms with Crippen molar-refractivity contribution in [3.05, 3.63) is 127 Å². The maximum absolute atomic E-state index is 6.78. The lowest BCUT2D eigenvalue weighted by Crippen LogP contribution is -2.16. The fourth-order valence-corrected chi connectivity index (χ4v) is 4.89. The van der Waals surface area contributed by atoms with Crippen LogP contribution >= 0.6 is 0 Å². The first-order valence-electron chi connectivity index (χ1n) is 12.3. The molecule has 0 unspecified atom stereocenters. The van der Waals surface area contributed by atoms with E-state index in [-0.39, 0.29) is 6.04 Å². The van der Waals surface area contributed by atoms with Crippen molar-refractivity contribution < 1.29 is 0 Å². The number of allylic oxidation sites excluding steroid dienone is 2. The standard InChI is InChI=1S/C32H28N4/c33-28(20-22-18-19-22)30-31(34)27-16-7-8-17-29(27)35-32(30)23-10-9-15-26(21-23)36(24-11-3-1-4-12-24)25-13-5-2-6-14-25/h1-19,21-22,28H,20,33H2,(H2,34,35)/t28-/m0/s1. The highest BCUT2D eigenvalue weighted by atomic mass is 15.1. The second kappa shape index (κ2) is 9.33. The predicted octanol–water partition coefficient (Wildman–Crippen LogP) is 7.53. The molecule has 0 fully saturated rings. The minimum absolute atomic E-state index is 0.208. The lowest BCUT2D eigenvalue weighted by atomic mass is 9.92. The van der Waals surface area contributed by atoms with E-state index in [2.05, 4.69) is 89.8 Å². The third-order valence-corrected chi connectivity index (χ3v) is 6.74. The quantitative estimate of drug-likeness (QED) is 0.242. The van der Waals surface area contributed by atoms with E-state index in [0.717, 1.165) is 56.9 Å². The van der Waals surface area contributed by atoms with E-state index >= 15 is 0 Å². The summed E-state index contributed by atoms with van der Waals surface area (Å²) in [6.45, 7) is 0. The van der Waals surface area contributed by atoms with Crippen molar-refractivity contribution in [3.63, 3.8) is 0 Å². The summed E-state index contributed by atoms with van der Waals surface area (Å²) < 4.78 is 0. The van der Waals surface area contributed by atoms with Gasteiger partial charge in [0.15, 0.2) is 0 Å². The zero-order chi connectivity index (χ0) is 24.5. The third kappa shape index (κ3) is 4.23. The molecule has 1 heterocycles. The van der Waals surface area contributed by atoms with Gasteiger partial charge in [-0.25, -0.2) is 4.98 Å². The van der Waals surface area contributed by atoms with Crippen LogP contribution in [0.4, 0.5) is 22.7 Å². The lowest BCUT2D eigenvalue weighted by molar-refractivity contribution is 0.625. The van der Waals surface area contributed by atoms with Gasteiger partial charge in [0.05, 0.1) is 11.2 Å². The van der Waals surface area contributed by atoms with Gasteiger partial charge < -0.3 is 16.4 Å². The summed E-state index contributed by atoms with van der Waals surface area (Å²) in [4.78, 5) is 7.35. The number of fused-ring (bicyclic) bond motifs is 1. The molecule has 4 heteroatoms. The van der Waals surface area contributed by atoms with Gasteiger partial charge in [-0.3, -0.25) is 0 Å². The number of aromatic nitrogens is 1. The maximum Gasteiger partial charge on any atom is 0.0778 e. The summed E-state index contributed by atoms with van der Waals surface area (Å²) in [6.07, 6.45) is 5.20. The second-order valence-corrected chi connectivity index (χ2v) is 9.25. The average Bonchev–Trinajstić information content (AvgIpc) is 3.74. The highest BCUT2D eigenvalue weighted by Crippen LogP contribution is 2.41. The zero-order valence-corrected chi connectivity index (χ0v) is 20.0. The summed E-state index contributed by atoms with van der Waals surface area (Å²) >= 11 is 0. The first kappa shape index (κ1) is 22.1. The van der Waals surface area contributed by atoms with E-state index in [1.54, 1.807) is 0 Å². The highest BCUT2D eigenvalue weighted by Gasteiger charge is 2.24. The van der Waals surface area contributed by atoms with Gasteiger partial charge in [-0.1, -0.05) is 78.9 Å². The molecule has 0 radical (unpaired) electrons. The van der Waals surface area contributed by atoms with E-state index < -0.39 is 0 Å². The summed E-state index contributed by atoms with van der Waals surface area (Å²) in [6, 6.07) is 37.1. The molecule has 4 N–H and O–H groups in total. The van der Waals surface area contributed by atoms with Crippen LogP contribution < -0.4 is 16.4 Å². The van der Waals surface area contributed by atoms with Gasteiger partial charge in [-0.2, -0.15) is 0 Å². The number of hydrogen-bond acceptors (Lipinski definition) is 4. The van der Waals surface area contributed by atoms with Gasteiger partial charge in [0.2, 0.25) is 0 Å². The molecule has 36 heavy (non-hydrogen) atoms. The Bertz CT molecular complexity index is 1500. The Hall–Kier alpha value is -4.41. The Balaban J connectivity index is 1.52. The minimum Gasteiger partial charge on any atom is -0.398 e. The topological polar surface area (TPSA) is 68.2 Å². The number of nitrogens with two attached hydrogens (primary N) is 2. The van der Waals surface area contributed by atoms with Crippen LogP contribution in [-0.2, 0) is 0 Å². The van der Waals surface area contributed by atoms with Gasteiger partial charge in [0.25, 0.3) is 0 Å². The normalized spacial score (nSPS) is 13.6. The number of rotatable bonds is 7. The molecule has 4 aromatic carbocycles. The number of benzene rings is 4. The van der Waals surface area contributed by atoms with Crippen molar-refractivity contribution in [1.82, 2.24) is 4.98 Å². The molecule has 1 atom stereocenters. The number of nitrogen functional groups attached to an aromatic ring is 1. The molecule has 6 rings (SSSR count). The van der Waals surface area contributed by atoms with E-state index in [0.29, 0.717) is 5.92 Å². The van der Waals surface area contributed by atoms with Crippen LogP contribution in [0.15, 0.2) is 121 Å². The zero-order valence-electron chi connectivity index (χ0n) is 20.0. The molecule has 0 saturated heterocycles. The summed E-state index contributed by atoms with van der Waals surface area (Å²) in [7, 11) is 0.